The average molecular weight is 371 g/mol. The lowest BCUT2D eigenvalue weighted by molar-refractivity contribution is -0.143. The number of phenols is 1. The van der Waals surface area contributed by atoms with Gasteiger partial charge in [-0.05, 0) is 36.5 Å². The molecular weight excluding hydrogens is 346 g/mol. The van der Waals surface area contributed by atoms with Crippen molar-refractivity contribution in [3.63, 3.8) is 0 Å². The summed E-state index contributed by atoms with van der Waals surface area (Å²) in [6.07, 6.45) is 1.06. The summed E-state index contributed by atoms with van der Waals surface area (Å²) in [5.41, 5.74) is 2.39. The molecule has 2 aliphatic rings. The maximum absolute atomic E-state index is 13.0. The molecule has 0 spiro atoms. The fourth-order valence-corrected chi connectivity index (χ4v) is 4.14. The van der Waals surface area contributed by atoms with Crippen LogP contribution in [0.3, 0.4) is 0 Å². The number of rotatable bonds is 3. The minimum Gasteiger partial charge on any atom is -0.504 e. The van der Waals surface area contributed by atoms with Crippen LogP contribution in [0.2, 0.25) is 0 Å². The largest absolute Gasteiger partial charge is 0.504 e. The number of ether oxygens (including phenoxy) is 2. The molecule has 3 rings (SSSR count). The first-order valence-corrected chi connectivity index (χ1v) is 8.94. The lowest BCUT2D eigenvalue weighted by atomic mass is 9.67. The van der Waals surface area contributed by atoms with Crippen LogP contribution >= 0.6 is 0 Å². The molecule has 2 atom stereocenters. The van der Waals surface area contributed by atoms with Gasteiger partial charge in [0.1, 0.15) is 5.92 Å². The Morgan fingerprint density at radius 2 is 1.96 bits per heavy atom. The fourth-order valence-electron chi connectivity index (χ4n) is 4.14. The van der Waals surface area contributed by atoms with Crippen molar-refractivity contribution in [3.8, 4) is 11.5 Å². The van der Waals surface area contributed by atoms with Crippen LogP contribution in [0.5, 0.6) is 11.5 Å². The first-order chi connectivity index (χ1) is 12.7. The Hall–Kier alpha value is -2.63. The van der Waals surface area contributed by atoms with Crippen LogP contribution in [-0.4, -0.2) is 36.8 Å². The molecule has 27 heavy (non-hydrogen) atoms. The number of benzene rings is 1. The number of Topliss-reactive ketones (excluding diaryl/α,β-unsaturated/α-hetero) is 1. The van der Waals surface area contributed by atoms with Crippen LogP contribution in [0.4, 0.5) is 0 Å². The fraction of sp³-hybridized carbons (Fsp3) is 0.476. The highest BCUT2D eigenvalue weighted by Crippen LogP contribution is 2.48. The number of aromatic hydroxyl groups is 1. The van der Waals surface area contributed by atoms with E-state index in [0.29, 0.717) is 35.4 Å². The van der Waals surface area contributed by atoms with E-state index in [1.54, 1.807) is 25.1 Å². The normalized spacial score (nSPS) is 24.2. The van der Waals surface area contributed by atoms with Crippen molar-refractivity contribution in [2.45, 2.75) is 39.5 Å². The second-order valence-electron chi connectivity index (χ2n) is 7.96. The summed E-state index contributed by atoms with van der Waals surface area (Å²) in [7, 11) is 2.80. The molecule has 144 valence electrons. The van der Waals surface area contributed by atoms with Crippen molar-refractivity contribution in [2.24, 2.45) is 16.3 Å². The van der Waals surface area contributed by atoms with Crippen molar-refractivity contribution < 1.29 is 24.2 Å². The Labute approximate surface area is 158 Å². The van der Waals surface area contributed by atoms with Gasteiger partial charge in [-0.25, -0.2) is 0 Å². The van der Waals surface area contributed by atoms with E-state index in [4.69, 9.17) is 9.47 Å². The second-order valence-corrected chi connectivity index (χ2v) is 7.96. The van der Waals surface area contributed by atoms with Crippen molar-refractivity contribution in [1.82, 2.24) is 0 Å². The van der Waals surface area contributed by atoms with Crippen molar-refractivity contribution in [3.05, 3.63) is 35.0 Å². The summed E-state index contributed by atoms with van der Waals surface area (Å²) in [4.78, 5) is 30.2. The van der Waals surface area contributed by atoms with Crippen molar-refractivity contribution >= 4 is 17.5 Å². The lowest BCUT2D eigenvalue weighted by Gasteiger charge is -2.38. The smallest absolute Gasteiger partial charge is 0.315 e. The topological polar surface area (TPSA) is 85.2 Å². The third kappa shape index (κ3) is 3.36. The van der Waals surface area contributed by atoms with Gasteiger partial charge in [0.05, 0.1) is 14.2 Å². The van der Waals surface area contributed by atoms with E-state index in [1.165, 1.54) is 14.2 Å². The van der Waals surface area contributed by atoms with Crippen LogP contribution in [-0.2, 0) is 14.3 Å². The van der Waals surface area contributed by atoms with Gasteiger partial charge in [0, 0.05) is 29.3 Å². The highest BCUT2D eigenvalue weighted by molar-refractivity contribution is 6.09. The van der Waals surface area contributed by atoms with Crippen LogP contribution < -0.4 is 4.74 Å². The minimum absolute atomic E-state index is 0.00768. The molecule has 0 saturated heterocycles. The number of hydrogen-bond acceptors (Lipinski definition) is 6. The van der Waals surface area contributed by atoms with E-state index >= 15 is 0 Å². The van der Waals surface area contributed by atoms with Gasteiger partial charge >= 0.3 is 5.97 Å². The molecule has 1 aromatic carbocycles. The number of methoxy groups -OCH3 is 2. The highest BCUT2D eigenvalue weighted by Gasteiger charge is 2.46. The molecule has 0 aromatic heterocycles. The Morgan fingerprint density at radius 1 is 1.26 bits per heavy atom. The molecule has 6 heteroatoms. The molecule has 1 heterocycles. The van der Waals surface area contributed by atoms with E-state index in [9.17, 15) is 14.7 Å². The van der Waals surface area contributed by atoms with Gasteiger partial charge in [-0.1, -0.05) is 19.9 Å². The number of carbonyl (C=O) groups is 2. The zero-order chi connectivity index (χ0) is 19.9. The molecule has 1 aliphatic carbocycles. The van der Waals surface area contributed by atoms with Gasteiger partial charge in [-0.15, -0.1) is 0 Å². The molecule has 6 nitrogen and oxygen atoms in total. The predicted octanol–water partition coefficient (Wildman–Crippen LogP) is 3.39. The van der Waals surface area contributed by atoms with Crippen molar-refractivity contribution in [2.75, 3.05) is 14.2 Å². The molecular formula is C21H25NO5. The standard InChI is InChI=1S/C21H25NO5/c1-11-17(20(25)27-5)18(12-6-7-16(26-4)14(23)8-12)19-13(22-11)9-21(2,3)10-15(19)24/h6-8,17-18,23H,9-10H2,1-5H3/t17?,18-/m0/s1. The summed E-state index contributed by atoms with van der Waals surface area (Å²) in [5.74, 6) is -1.39. The van der Waals surface area contributed by atoms with Crippen LogP contribution in [0.1, 0.15) is 45.1 Å². The third-order valence-electron chi connectivity index (χ3n) is 5.32. The van der Waals surface area contributed by atoms with E-state index in [-0.39, 0.29) is 16.9 Å². The predicted molar refractivity (Wildman–Crippen MR) is 101 cm³/mol. The van der Waals surface area contributed by atoms with E-state index in [1.807, 2.05) is 13.8 Å². The first kappa shape index (κ1) is 19.1. The molecule has 0 saturated carbocycles. The number of esters is 1. The Bertz CT molecular complexity index is 865. The number of phenolic OH excluding ortho intramolecular Hbond substituents is 1. The van der Waals surface area contributed by atoms with Crippen LogP contribution in [0.25, 0.3) is 0 Å². The van der Waals surface area contributed by atoms with Gasteiger partial charge in [-0.3, -0.25) is 14.6 Å². The zero-order valence-electron chi connectivity index (χ0n) is 16.3. The SMILES string of the molecule is COC(=O)C1C(C)=NC2=C(C(=O)CC(C)(C)C2)[C@H]1c1ccc(OC)c(O)c1. The number of ketones is 1. The Morgan fingerprint density at radius 3 is 2.56 bits per heavy atom. The number of nitrogens with zero attached hydrogens (tertiary/aromatic N) is 1. The van der Waals surface area contributed by atoms with Gasteiger partial charge in [-0.2, -0.15) is 0 Å². The monoisotopic (exact) mass is 371 g/mol. The summed E-state index contributed by atoms with van der Waals surface area (Å²) >= 11 is 0. The van der Waals surface area contributed by atoms with Gasteiger partial charge < -0.3 is 14.6 Å². The molecule has 0 bridgehead atoms. The van der Waals surface area contributed by atoms with Gasteiger partial charge in [0.25, 0.3) is 0 Å². The molecule has 1 aromatic rings. The number of aliphatic imine (C=N–C) groups is 1. The Balaban J connectivity index is 2.20. The molecule has 0 fully saturated rings. The summed E-state index contributed by atoms with van der Waals surface area (Å²) in [6, 6.07) is 4.96. The maximum Gasteiger partial charge on any atom is 0.315 e. The van der Waals surface area contributed by atoms with E-state index in [2.05, 4.69) is 4.99 Å². The third-order valence-corrected chi connectivity index (χ3v) is 5.32. The van der Waals surface area contributed by atoms with Crippen LogP contribution in [0, 0.1) is 11.3 Å². The number of carbonyl (C=O) groups excluding carboxylic acids is 2. The summed E-state index contributed by atoms with van der Waals surface area (Å²) < 4.78 is 10.1. The molecule has 0 amide bonds. The second kappa shape index (κ2) is 6.83. The molecule has 1 aliphatic heterocycles. The number of allylic oxidation sites excluding steroid dienone is 2. The summed E-state index contributed by atoms with van der Waals surface area (Å²) in [6.45, 7) is 5.87. The first-order valence-electron chi connectivity index (χ1n) is 8.94. The average Bonchev–Trinajstić information content (AvgIpc) is 2.58. The summed E-state index contributed by atoms with van der Waals surface area (Å²) in [5, 5.41) is 10.2. The minimum atomic E-state index is -0.702. The highest BCUT2D eigenvalue weighted by atomic mass is 16.5. The molecule has 0 radical (unpaired) electrons. The van der Waals surface area contributed by atoms with Crippen molar-refractivity contribution in [1.29, 1.82) is 0 Å². The molecule has 1 unspecified atom stereocenters. The maximum atomic E-state index is 13.0. The van der Waals surface area contributed by atoms with Crippen LogP contribution in [0.15, 0.2) is 34.5 Å². The lowest BCUT2D eigenvalue weighted by Crippen LogP contribution is -2.39. The quantitative estimate of drug-likeness (QED) is 0.823. The molecule has 1 N–H and O–H groups in total. The van der Waals surface area contributed by atoms with Gasteiger partial charge in [0.15, 0.2) is 17.3 Å². The van der Waals surface area contributed by atoms with E-state index < -0.39 is 17.8 Å². The zero-order valence-corrected chi connectivity index (χ0v) is 16.3. The van der Waals surface area contributed by atoms with Gasteiger partial charge in [0.2, 0.25) is 0 Å². The Kier molecular flexibility index (Phi) is 4.84. The van der Waals surface area contributed by atoms with E-state index in [0.717, 1.165) is 5.70 Å². The number of hydrogen-bond donors (Lipinski definition) is 1.